The van der Waals surface area contributed by atoms with Crippen molar-refractivity contribution in [3.05, 3.63) is 0 Å². The van der Waals surface area contributed by atoms with E-state index < -0.39 is 0 Å². The van der Waals surface area contributed by atoms with Gasteiger partial charge in [0.1, 0.15) is 0 Å². The fourth-order valence-corrected chi connectivity index (χ4v) is 4.05. The van der Waals surface area contributed by atoms with Gasteiger partial charge in [-0.25, -0.2) is 10.0 Å². The Morgan fingerprint density at radius 1 is 0.692 bits per heavy atom. The van der Waals surface area contributed by atoms with Gasteiger partial charge in [0.25, 0.3) is 0 Å². The van der Waals surface area contributed by atoms with Crippen molar-refractivity contribution in [2.75, 3.05) is 18.8 Å². The van der Waals surface area contributed by atoms with E-state index in [1.807, 2.05) is 0 Å². The summed E-state index contributed by atoms with van der Waals surface area (Å²) in [6, 6.07) is 0. The summed E-state index contributed by atoms with van der Waals surface area (Å²) in [5.41, 5.74) is 0. The van der Waals surface area contributed by atoms with Gasteiger partial charge in [0.15, 0.2) is 0 Å². The molecule has 1 aliphatic rings. The number of hydrogen-bond donors (Lipinski definition) is 0. The summed E-state index contributed by atoms with van der Waals surface area (Å²) >= 11 is 0. The highest BCUT2D eigenvalue weighted by molar-refractivity contribution is 8.32. The summed E-state index contributed by atoms with van der Waals surface area (Å²) < 4.78 is 0. The lowest BCUT2D eigenvalue weighted by Crippen LogP contribution is -2.15. The van der Waals surface area contributed by atoms with Crippen LogP contribution in [-0.2, 0) is 0 Å². The van der Waals surface area contributed by atoms with Crippen LogP contribution in [0.4, 0.5) is 0 Å². The van der Waals surface area contributed by atoms with Crippen molar-refractivity contribution >= 4 is 10.0 Å². The van der Waals surface area contributed by atoms with Crippen molar-refractivity contribution in [2.45, 2.75) is 56.6 Å². The molecule has 0 atom stereocenters. The Hall–Kier alpha value is 0.350. The third-order valence-electron chi connectivity index (χ3n) is 3.30. The summed E-state index contributed by atoms with van der Waals surface area (Å²) in [7, 11) is -0.282. The zero-order valence-corrected chi connectivity index (χ0v) is 10.5. The lowest BCUT2D eigenvalue weighted by Gasteiger charge is -2.36. The molecule has 0 aromatic rings. The molecule has 0 heterocycles. The van der Waals surface area contributed by atoms with E-state index in [1.165, 1.54) is 51.4 Å². The van der Waals surface area contributed by atoms with Gasteiger partial charge < -0.3 is 0 Å². The van der Waals surface area contributed by atoms with Crippen molar-refractivity contribution in [3.8, 4) is 0 Å². The first-order valence-corrected chi connectivity index (χ1v) is 8.70. The summed E-state index contributed by atoms with van der Waals surface area (Å²) in [5, 5.41) is 1.06. The summed E-state index contributed by atoms with van der Waals surface area (Å²) in [5.74, 6) is 0. The molecular formula is C12H26S. The molecule has 1 heteroatoms. The topological polar surface area (TPSA) is 0 Å². The molecular weight excluding hydrogens is 176 g/mol. The maximum Gasteiger partial charge on any atom is -0.0119 e. The van der Waals surface area contributed by atoms with Crippen molar-refractivity contribution in [3.63, 3.8) is 0 Å². The molecule has 80 valence electrons. The molecule has 0 N–H and O–H groups in total. The molecule has 0 aromatic carbocycles. The van der Waals surface area contributed by atoms with E-state index in [4.69, 9.17) is 0 Å². The second-order valence-electron chi connectivity index (χ2n) is 5.25. The van der Waals surface area contributed by atoms with Crippen LogP contribution >= 0.6 is 10.0 Å². The van der Waals surface area contributed by atoms with Gasteiger partial charge in [-0.1, -0.05) is 38.5 Å². The highest BCUT2D eigenvalue weighted by Crippen LogP contribution is 2.46. The third-order valence-corrected chi connectivity index (χ3v) is 5.77. The van der Waals surface area contributed by atoms with E-state index in [0.717, 1.165) is 5.25 Å². The molecule has 0 amide bonds. The van der Waals surface area contributed by atoms with E-state index in [9.17, 15) is 0 Å². The Morgan fingerprint density at radius 3 is 1.46 bits per heavy atom. The highest BCUT2D eigenvalue weighted by Gasteiger charge is 2.19. The molecule has 0 aliphatic heterocycles. The molecule has 0 aromatic heterocycles. The Morgan fingerprint density at radius 2 is 1.08 bits per heavy atom. The molecule has 0 radical (unpaired) electrons. The Kier molecular flexibility index (Phi) is 4.64. The van der Waals surface area contributed by atoms with Crippen LogP contribution in [0.25, 0.3) is 0 Å². The van der Waals surface area contributed by atoms with E-state index in [2.05, 4.69) is 18.8 Å². The minimum atomic E-state index is -0.282. The average Bonchev–Trinajstić information content (AvgIpc) is 2.14. The van der Waals surface area contributed by atoms with Gasteiger partial charge in [-0.3, -0.25) is 0 Å². The molecule has 1 saturated carbocycles. The molecule has 0 saturated heterocycles. The molecule has 0 spiro atoms. The summed E-state index contributed by atoms with van der Waals surface area (Å²) in [4.78, 5) is 0. The van der Waals surface area contributed by atoms with Crippen LogP contribution in [0, 0.1) is 0 Å². The molecule has 0 nitrogen and oxygen atoms in total. The van der Waals surface area contributed by atoms with Crippen LogP contribution in [0.15, 0.2) is 0 Å². The third kappa shape index (κ3) is 4.39. The van der Waals surface area contributed by atoms with E-state index in [0.29, 0.717) is 0 Å². The summed E-state index contributed by atoms with van der Waals surface area (Å²) in [6.45, 7) is 0. The molecule has 1 aliphatic carbocycles. The van der Waals surface area contributed by atoms with Crippen LogP contribution in [0.2, 0.25) is 0 Å². The van der Waals surface area contributed by atoms with Crippen LogP contribution in [0.3, 0.4) is 0 Å². The van der Waals surface area contributed by atoms with Gasteiger partial charge >= 0.3 is 0 Å². The minimum absolute atomic E-state index is 0.282. The normalized spacial score (nSPS) is 24.5. The summed E-state index contributed by atoms with van der Waals surface area (Å²) in [6.07, 6.45) is 19.5. The van der Waals surface area contributed by atoms with Gasteiger partial charge in [0, 0.05) is 0 Å². The first-order chi connectivity index (χ1) is 6.11. The fraction of sp³-hybridized carbons (Fsp3) is 1.00. The van der Waals surface area contributed by atoms with Crippen molar-refractivity contribution in [2.24, 2.45) is 0 Å². The van der Waals surface area contributed by atoms with Gasteiger partial charge in [-0.05, 0) is 36.9 Å². The van der Waals surface area contributed by atoms with Crippen LogP contribution < -0.4 is 0 Å². The van der Waals surface area contributed by atoms with E-state index in [-0.39, 0.29) is 10.0 Å². The predicted molar refractivity (Wildman–Crippen MR) is 66.1 cm³/mol. The van der Waals surface area contributed by atoms with Gasteiger partial charge in [0.2, 0.25) is 0 Å². The number of rotatable bonds is 1. The minimum Gasteiger partial charge on any atom is -0.247 e. The zero-order valence-electron chi connectivity index (χ0n) is 9.64. The first-order valence-electron chi connectivity index (χ1n) is 5.78. The Balaban J connectivity index is 2.41. The van der Waals surface area contributed by atoms with Gasteiger partial charge in [0.05, 0.1) is 0 Å². The SMILES string of the molecule is CS(C)(C)C1CCCCCCCC1. The monoisotopic (exact) mass is 202 g/mol. The molecule has 1 fully saturated rings. The maximum absolute atomic E-state index is 2.50. The fourth-order valence-electron chi connectivity index (χ4n) is 2.30. The van der Waals surface area contributed by atoms with Crippen molar-refractivity contribution in [1.82, 2.24) is 0 Å². The second kappa shape index (κ2) is 5.29. The molecule has 13 heavy (non-hydrogen) atoms. The quantitative estimate of drug-likeness (QED) is 0.598. The largest absolute Gasteiger partial charge is 0.247 e. The van der Waals surface area contributed by atoms with Crippen LogP contribution in [-0.4, -0.2) is 24.0 Å². The highest BCUT2D eigenvalue weighted by atomic mass is 32.3. The molecule has 0 unspecified atom stereocenters. The Labute approximate surface area is 85.8 Å². The maximum atomic E-state index is 2.50. The lowest BCUT2D eigenvalue weighted by atomic mass is 10.1. The van der Waals surface area contributed by atoms with Gasteiger partial charge in [-0.15, -0.1) is 0 Å². The zero-order chi connectivity index (χ0) is 9.73. The van der Waals surface area contributed by atoms with Crippen LogP contribution in [0.1, 0.15) is 51.4 Å². The molecule has 0 bridgehead atoms. The average molecular weight is 202 g/mol. The van der Waals surface area contributed by atoms with E-state index >= 15 is 0 Å². The molecule has 1 rings (SSSR count). The van der Waals surface area contributed by atoms with Crippen LogP contribution in [0.5, 0.6) is 0 Å². The lowest BCUT2D eigenvalue weighted by molar-refractivity contribution is 0.624. The van der Waals surface area contributed by atoms with Crippen molar-refractivity contribution < 1.29 is 0 Å². The first kappa shape index (κ1) is 11.4. The van der Waals surface area contributed by atoms with E-state index in [1.54, 1.807) is 0 Å². The predicted octanol–water partition coefficient (Wildman–Crippen LogP) is 4.18. The smallest absolute Gasteiger partial charge is 0.0119 e. The van der Waals surface area contributed by atoms with Gasteiger partial charge in [-0.2, -0.15) is 0 Å². The second-order valence-corrected chi connectivity index (χ2v) is 9.78. The standard InChI is InChI=1S/C12H26S/c1-13(2,3)12-10-8-6-4-5-7-9-11-12/h12H,4-11H2,1-3H3. The Bertz CT molecular complexity index is 125. The van der Waals surface area contributed by atoms with Crippen molar-refractivity contribution in [1.29, 1.82) is 0 Å². The number of hydrogen-bond acceptors (Lipinski definition) is 0.